The van der Waals surface area contributed by atoms with Gasteiger partial charge in [-0.3, -0.25) is 0 Å². The summed E-state index contributed by atoms with van der Waals surface area (Å²) >= 11 is 0. The summed E-state index contributed by atoms with van der Waals surface area (Å²) in [6.45, 7) is 0.0409. The van der Waals surface area contributed by atoms with Gasteiger partial charge in [-0.1, -0.05) is 30.3 Å². The van der Waals surface area contributed by atoms with Crippen LogP contribution in [0.1, 0.15) is 5.56 Å². The van der Waals surface area contributed by atoms with E-state index in [9.17, 15) is 15.3 Å². The molecular weight excluding hydrogens is 224 g/mol. The molecule has 0 bridgehead atoms. The van der Waals surface area contributed by atoms with E-state index in [1.165, 1.54) is 0 Å². The summed E-state index contributed by atoms with van der Waals surface area (Å²) in [5.41, 5.74) is -0.784. The van der Waals surface area contributed by atoms with Crippen LogP contribution >= 0.6 is 0 Å². The van der Waals surface area contributed by atoms with E-state index in [-0.39, 0.29) is 13.2 Å². The summed E-state index contributed by atoms with van der Waals surface area (Å²) in [6, 6.07) is 9.45. The average molecular weight is 240 g/mol. The Hall–Kier alpha value is -0.980. The van der Waals surface area contributed by atoms with Crippen molar-refractivity contribution in [2.45, 2.75) is 24.6 Å². The van der Waals surface area contributed by atoms with Crippen LogP contribution in [0.4, 0.5) is 0 Å². The molecule has 0 amide bonds. The molecule has 2 rings (SSSR count). The third kappa shape index (κ3) is 2.65. The van der Waals surface area contributed by atoms with E-state index in [0.29, 0.717) is 6.61 Å². The number of aliphatic hydroxyl groups is 3. The maximum absolute atomic E-state index is 9.96. The summed E-state index contributed by atoms with van der Waals surface area (Å²) < 4.78 is 10.1. The molecule has 94 valence electrons. The smallest absolute Gasteiger partial charge is 0.188 e. The van der Waals surface area contributed by atoms with E-state index in [1.54, 1.807) is 0 Å². The van der Waals surface area contributed by atoms with Gasteiger partial charge in [-0.15, -0.1) is 0 Å². The van der Waals surface area contributed by atoms with Crippen LogP contribution in [0.2, 0.25) is 0 Å². The molecule has 3 atom stereocenters. The molecule has 3 N–H and O–H groups in total. The predicted molar refractivity (Wildman–Crippen MR) is 59.0 cm³/mol. The number of aliphatic hydroxyl groups excluding tert-OH is 2. The lowest BCUT2D eigenvalue weighted by atomic mass is 10.0. The lowest BCUT2D eigenvalue weighted by Crippen LogP contribution is -2.50. The molecule has 1 heterocycles. The molecule has 5 heteroatoms. The zero-order valence-corrected chi connectivity index (χ0v) is 9.32. The third-order valence-corrected chi connectivity index (χ3v) is 2.86. The quantitative estimate of drug-likeness (QED) is 0.670. The van der Waals surface area contributed by atoms with Gasteiger partial charge in [-0.2, -0.15) is 0 Å². The molecular formula is C12H16O5. The van der Waals surface area contributed by atoms with Crippen LogP contribution in [0, 0.1) is 0 Å². The van der Waals surface area contributed by atoms with Gasteiger partial charge in [0.1, 0.15) is 6.10 Å². The normalized spacial score (nSPS) is 32.9. The standard InChI is InChI=1S/C12H16O5/c13-10-7-17-11(14)12(10,15)8-16-6-9-4-2-1-3-5-9/h1-5,10-11,13-15H,6-8H2/t10-,11?,12-/m1/s1. The van der Waals surface area contributed by atoms with Gasteiger partial charge < -0.3 is 24.8 Å². The summed E-state index contributed by atoms with van der Waals surface area (Å²) in [6.07, 6.45) is -2.54. The van der Waals surface area contributed by atoms with E-state index in [1.807, 2.05) is 30.3 Å². The SMILES string of the molecule is OC1OC[C@@H](O)[C@]1(O)COCc1ccccc1. The number of rotatable bonds is 4. The summed E-state index contributed by atoms with van der Waals surface area (Å²) in [4.78, 5) is 0. The molecule has 0 radical (unpaired) electrons. The number of hydrogen-bond acceptors (Lipinski definition) is 5. The zero-order chi connectivity index (χ0) is 12.3. The topological polar surface area (TPSA) is 79.2 Å². The van der Waals surface area contributed by atoms with Crippen LogP contribution in [-0.2, 0) is 16.1 Å². The maximum Gasteiger partial charge on any atom is 0.188 e. The molecule has 0 spiro atoms. The van der Waals surface area contributed by atoms with Gasteiger partial charge in [0, 0.05) is 0 Å². The monoisotopic (exact) mass is 240 g/mol. The highest BCUT2D eigenvalue weighted by atomic mass is 16.6. The van der Waals surface area contributed by atoms with Crippen LogP contribution in [0.3, 0.4) is 0 Å². The van der Waals surface area contributed by atoms with Crippen molar-refractivity contribution in [1.82, 2.24) is 0 Å². The zero-order valence-electron chi connectivity index (χ0n) is 9.32. The minimum absolute atomic E-state index is 0.0909. The van der Waals surface area contributed by atoms with Crippen molar-refractivity contribution in [1.29, 1.82) is 0 Å². The Labute approximate surface area is 99.2 Å². The summed E-state index contributed by atoms with van der Waals surface area (Å²) in [7, 11) is 0. The Morgan fingerprint density at radius 3 is 2.59 bits per heavy atom. The Bertz CT molecular complexity index is 343. The molecule has 1 aliphatic rings. The fourth-order valence-corrected chi connectivity index (χ4v) is 1.71. The predicted octanol–water partition coefficient (Wildman–Crippen LogP) is -0.356. The molecule has 1 aromatic carbocycles. The van der Waals surface area contributed by atoms with Crippen molar-refractivity contribution in [3.05, 3.63) is 35.9 Å². The van der Waals surface area contributed by atoms with Crippen molar-refractivity contribution in [2.24, 2.45) is 0 Å². The lowest BCUT2D eigenvalue weighted by Gasteiger charge is -2.27. The van der Waals surface area contributed by atoms with Gasteiger partial charge in [0.2, 0.25) is 0 Å². The van der Waals surface area contributed by atoms with Crippen molar-refractivity contribution in [2.75, 3.05) is 13.2 Å². The Balaban J connectivity index is 1.86. The van der Waals surface area contributed by atoms with E-state index in [0.717, 1.165) is 5.56 Å². The van der Waals surface area contributed by atoms with Crippen LogP contribution in [0.5, 0.6) is 0 Å². The van der Waals surface area contributed by atoms with E-state index < -0.39 is 18.0 Å². The molecule has 0 aromatic heterocycles. The first-order valence-corrected chi connectivity index (χ1v) is 5.45. The van der Waals surface area contributed by atoms with Gasteiger partial charge in [-0.05, 0) is 5.56 Å². The first kappa shape index (κ1) is 12.5. The van der Waals surface area contributed by atoms with Crippen molar-refractivity contribution < 1.29 is 24.8 Å². The van der Waals surface area contributed by atoms with Gasteiger partial charge in [-0.25, -0.2) is 0 Å². The van der Waals surface area contributed by atoms with Crippen molar-refractivity contribution in [3.8, 4) is 0 Å². The number of hydrogen-bond donors (Lipinski definition) is 3. The van der Waals surface area contributed by atoms with Gasteiger partial charge >= 0.3 is 0 Å². The Kier molecular flexibility index (Phi) is 3.76. The molecule has 1 aromatic rings. The number of benzene rings is 1. The molecule has 5 nitrogen and oxygen atoms in total. The molecule has 17 heavy (non-hydrogen) atoms. The maximum atomic E-state index is 9.96. The highest BCUT2D eigenvalue weighted by Gasteiger charge is 2.49. The summed E-state index contributed by atoms with van der Waals surface area (Å²) in [5, 5.41) is 28.9. The van der Waals surface area contributed by atoms with E-state index >= 15 is 0 Å². The van der Waals surface area contributed by atoms with Gasteiger partial charge in [0.25, 0.3) is 0 Å². The minimum Gasteiger partial charge on any atom is -0.387 e. The van der Waals surface area contributed by atoms with Crippen molar-refractivity contribution >= 4 is 0 Å². The lowest BCUT2D eigenvalue weighted by molar-refractivity contribution is -0.196. The second-order valence-electron chi connectivity index (χ2n) is 4.17. The van der Waals surface area contributed by atoms with E-state index in [2.05, 4.69) is 0 Å². The van der Waals surface area contributed by atoms with E-state index in [4.69, 9.17) is 9.47 Å². The van der Waals surface area contributed by atoms with Crippen molar-refractivity contribution in [3.63, 3.8) is 0 Å². The van der Waals surface area contributed by atoms with Crippen LogP contribution < -0.4 is 0 Å². The first-order chi connectivity index (χ1) is 8.13. The fraction of sp³-hybridized carbons (Fsp3) is 0.500. The molecule has 0 aliphatic carbocycles. The molecule has 1 unspecified atom stereocenters. The number of ether oxygens (including phenoxy) is 2. The van der Waals surface area contributed by atoms with Crippen LogP contribution in [0.25, 0.3) is 0 Å². The average Bonchev–Trinajstić information content (AvgIpc) is 2.59. The van der Waals surface area contributed by atoms with Crippen LogP contribution in [0.15, 0.2) is 30.3 Å². The highest BCUT2D eigenvalue weighted by molar-refractivity contribution is 5.13. The van der Waals surface area contributed by atoms with Gasteiger partial charge in [0.15, 0.2) is 11.9 Å². The largest absolute Gasteiger partial charge is 0.387 e. The second-order valence-corrected chi connectivity index (χ2v) is 4.17. The molecule has 0 saturated carbocycles. The Morgan fingerprint density at radius 1 is 1.29 bits per heavy atom. The molecule has 1 fully saturated rings. The third-order valence-electron chi connectivity index (χ3n) is 2.86. The molecule has 1 saturated heterocycles. The summed E-state index contributed by atoms with van der Waals surface area (Å²) in [5.74, 6) is 0. The minimum atomic E-state index is -1.74. The van der Waals surface area contributed by atoms with Gasteiger partial charge in [0.05, 0.1) is 19.8 Å². The van der Waals surface area contributed by atoms with Crippen LogP contribution in [-0.4, -0.2) is 46.5 Å². The Morgan fingerprint density at radius 2 is 2.00 bits per heavy atom. The fourth-order valence-electron chi connectivity index (χ4n) is 1.71. The first-order valence-electron chi connectivity index (χ1n) is 5.45. The highest BCUT2D eigenvalue weighted by Crippen LogP contribution is 2.25. The molecule has 1 aliphatic heterocycles. The second kappa shape index (κ2) is 5.12.